The Kier molecular flexibility index (Phi) is 3.96. The molecule has 1 amide bonds. The van der Waals surface area contributed by atoms with Crippen molar-refractivity contribution in [1.82, 2.24) is 10.2 Å². The minimum Gasteiger partial charge on any atom is -0.350 e. The van der Waals surface area contributed by atoms with Gasteiger partial charge in [-0.05, 0) is 37.4 Å². The summed E-state index contributed by atoms with van der Waals surface area (Å²) in [5, 5.41) is 4.95. The molecule has 3 nitrogen and oxygen atoms in total. The van der Waals surface area contributed by atoms with Crippen LogP contribution in [-0.2, 0) is 0 Å². The maximum atomic E-state index is 11.7. The summed E-state index contributed by atoms with van der Waals surface area (Å²) in [4.78, 5) is 15.0. The molecule has 2 rings (SSSR count). The molecule has 1 atom stereocenters. The minimum atomic E-state index is 0.0675. The molecule has 1 fully saturated rings. The lowest BCUT2D eigenvalue weighted by Gasteiger charge is -2.22. The molecule has 16 heavy (non-hydrogen) atoms. The number of rotatable bonds is 4. The van der Waals surface area contributed by atoms with Crippen LogP contribution in [0.5, 0.6) is 0 Å². The Hall–Kier alpha value is -0.870. The lowest BCUT2D eigenvalue weighted by Crippen LogP contribution is -2.39. The SMILES string of the molecule is CCN1CCCC1CNC(=O)c1cccs1. The third kappa shape index (κ3) is 2.62. The molecule has 1 unspecified atom stereocenters. The highest BCUT2D eigenvalue weighted by Gasteiger charge is 2.23. The normalized spacial score (nSPS) is 21.2. The summed E-state index contributed by atoms with van der Waals surface area (Å²) in [6.45, 7) is 5.22. The maximum absolute atomic E-state index is 11.7. The number of likely N-dealkylation sites (tertiary alicyclic amines) is 1. The average Bonchev–Trinajstić information content (AvgIpc) is 2.96. The number of carbonyl (C=O) groups excluding carboxylic acids is 1. The Morgan fingerprint density at radius 2 is 2.56 bits per heavy atom. The summed E-state index contributed by atoms with van der Waals surface area (Å²) < 4.78 is 0. The van der Waals surface area contributed by atoms with Gasteiger partial charge in [0, 0.05) is 12.6 Å². The number of thiophene rings is 1. The van der Waals surface area contributed by atoms with E-state index in [1.807, 2.05) is 17.5 Å². The zero-order valence-corrected chi connectivity index (χ0v) is 10.4. The van der Waals surface area contributed by atoms with Gasteiger partial charge in [-0.1, -0.05) is 13.0 Å². The molecule has 1 aromatic rings. The molecular formula is C12H18N2OS. The van der Waals surface area contributed by atoms with Gasteiger partial charge in [-0.3, -0.25) is 9.69 Å². The van der Waals surface area contributed by atoms with E-state index in [1.165, 1.54) is 30.7 Å². The van der Waals surface area contributed by atoms with Crippen LogP contribution in [0.15, 0.2) is 17.5 Å². The highest BCUT2D eigenvalue weighted by Crippen LogP contribution is 2.16. The highest BCUT2D eigenvalue weighted by molar-refractivity contribution is 7.12. The number of hydrogen-bond donors (Lipinski definition) is 1. The zero-order valence-electron chi connectivity index (χ0n) is 9.61. The van der Waals surface area contributed by atoms with Crippen LogP contribution in [0.4, 0.5) is 0 Å². The first-order chi connectivity index (χ1) is 7.81. The fourth-order valence-electron chi connectivity index (χ4n) is 2.25. The third-order valence-electron chi connectivity index (χ3n) is 3.15. The van der Waals surface area contributed by atoms with Gasteiger partial charge in [0.05, 0.1) is 4.88 Å². The van der Waals surface area contributed by atoms with Crippen LogP contribution < -0.4 is 5.32 Å². The summed E-state index contributed by atoms with van der Waals surface area (Å²) in [6, 6.07) is 4.31. The van der Waals surface area contributed by atoms with Crippen molar-refractivity contribution in [2.45, 2.75) is 25.8 Å². The number of nitrogens with zero attached hydrogens (tertiary/aromatic N) is 1. The van der Waals surface area contributed by atoms with E-state index in [0.29, 0.717) is 6.04 Å². The van der Waals surface area contributed by atoms with Crippen LogP contribution in [0.25, 0.3) is 0 Å². The molecule has 2 heterocycles. The van der Waals surface area contributed by atoms with E-state index in [9.17, 15) is 4.79 Å². The Morgan fingerprint density at radius 1 is 1.69 bits per heavy atom. The van der Waals surface area contributed by atoms with Gasteiger partial charge >= 0.3 is 0 Å². The van der Waals surface area contributed by atoms with E-state index in [0.717, 1.165) is 18.0 Å². The lowest BCUT2D eigenvalue weighted by molar-refractivity contribution is 0.0945. The van der Waals surface area contributed by atoms with Crippen molar-refractivity contribution in [2.24, 2.45) is 0 Å². The standard InChI is InChI=1S/C12H18N2OS/c1-2-14-7-3-5-10(14)9-13-12(15)11-6-4-8-16-11/h4,6,8,10H,2-3,5,7,9H2,1H3,(H,13,15). The van der Waals surface area contributed by atoms with Gasteiger partial charge < -0.3 is 5.32 Å². The van der Waals surface area contributed by atoms with Crippen LogP contribution in [0.3, 0.4) is 0 Å². The van der Waals surface area contributed by atoms with E-state index in [2.05, 4.69) is 17.1 Å². The number of hydrogen-bond acceptors (Lipinski definition) is 3. The van der Waals surface area contributed by atoms with Crippen molar-refractivity contribution in [3.63, 3.8) is 0 Å². The van der Waals surface area contributed by atoms with E-state index in [4.69, 9.17) is 0 Å². The van der Waals surface area contributed by atoms with Crippen molar-refractivity contribution < 1.29 is 4.79 Å². The molecule has 1 aliphatic heterocycles. The highest BCUT2D eigenvalue weighted by atomic mass is 32.1. The fraction of sp³-hybridized carbons (Fsp3) is 0.583. The molecule has 0 aliphatic carbocycles. The van der Waals surface area contributed by atoms with Crippen molar-refractivity contribution in [3.05, 3.63) is 22.4 Å². The van der Waals surface area contributed by atoms with Gasteiger partial charge in [-0.25, -0.2) is 0 Å². The van der Waals surface area contributed by atoms with Crippen LogP contribution in [0.1, 0.15) is 29.4 Å². The van der Waals surface area contributed by atoms with Crippen molar-refractivity contribution in [2.75, 3.05) is 19.6 Å². The van der Waals surface area contributed by atoms with E-state index < -0.39 is 0 Å². The van der Waals surface area contributed by atoms with E-state index >= 15 is 0 Å². The number of nitrogens with one attached hydrogen (secondary N) is 1. The summed E-state index contributed by atoms with van der Waals surface area (Å²) >= 11 is 1.49. The molecule has 4 heteroatoms. The van der Waals surface area contributed by atoms with Crippen LogP contribution in [-0.4, -0.2) is 36.5 Å². The molecule has 0 bridgehead atoms. The molecule has 1 aromatic heterocycles. The number of likely N-dealkylation sites (N-methyl/N-ethyl adjacent to an activating group) is 1. The van der Waals surface area contributed by atoms with Crippen LogP contribution >= 0.6 is 11.3 Å². The largest absolute Gasteiger partial charge is 0.350 e. The van der Waals surface area contributed by atoms with Gasteiger partial charge in [0.15, 0.2) is 0 Å². The Bertz CT molecular complexity index is 337. The first-order valence-electron chi connectivity index (χ1n) is 5.87. The second-order valence-corrected chi connectivity index (χ2v) is 5.06. The number of amides is 1. The van der Waals surface area contributed by atoms with Crippen molar-refractivity contribution in [3.8, 4) is 0 Å². The Balaban J connectivity index is 1.81. The molecular weight excluding hydrogens is 220 g/mol. The van der Waals surface area contributed by atoms with Crippen LogP contribution in [0.2, 0.25) is 0 Å². The molecule has 1 saturated heterocycles. The van der Waals surface area contributed by atoms with Gasteiger partial charge in [0.1, 0.15) is 0 Å². The minimum absolute atomic E-state index is 0.0675. The zero-order chi connectivity index (χ0) is 11.4. The maximum Gasteiger partial charge on any atom is 0.261 e. The summed E-state index contributed by atoms with van der Waals surface area (Å²) in [7, 11) is 0. The molecule has 0 saturated carbocycles. The molecule has 88 valence electrons. The summed E-state index contributed by atoms with van der Waals surface area (Å²) in [6.07, 6.45) is 2.46. The average molecular weight is 238 g/mol. The predicted molar refractivity (Wildman–Crippen MR) is 66.9 cm³/mol. The molecule has 0 aromatic carbocycles. The molecule has 1 N–H and O–H groups in total. The topological polar surface area (TPSA) is 32.3 Å². The fourth-order valence-corrected chi connectivity index (χ4v) is 2.89. The van der Waals surface area contributed by atoms with Gasteiger partial charge in [-0.15, -0.1) is 11.3 Å². The molecule has 1 aliphatic rings. The monoisotopic (exact) mass is 238 g/mol. The predicted octanol–water partition coefficient (Wildman–Crippen LogP) is 1.96. The van der Waals surface area contributed by atoms with E-state index in [-0.39, 0.29) is 5.91 Å². The summed E-state index contributed by atoms with van der Waals surface area (Å²) in [5.74, 6) is 0.0675. The Morgan fingerprint density at radius 3 is 3.25 bits per heavy atom. The second-order valence-electron chi connectivity index (χ2n) is 4.11. The van der Waals surface area contributed by atoms with Gasteiger partial charge in [-0.2, -0.15) is 0 Å². The first kappa shape index (κ1) is 11.6. The van der Waals surface area contributed by atoms with E-state index in [1.54, 1.807) is 0 Å². The number of carbonyl (C=O) groups is 1. The van der Waals surface area contributed by atoms with Gasteiger partial charge in [0.2, 0.25) is 0 Å². The quantitative estimate of drug-likeness (QED) is 0.869. The molecule has 0 spiro atoms. The summed E-state index contributed by atoms with van der Waals surface area (Å²) in [5.41, 5.74) is 0. The van der Waals surface area contributed by atoms with Crippen molar-refractivity contribution >= 4 is 17.2 Å². The molecule has 0 radical (unpaired) electrons. The van der Waals surface area contributed by atoms with Gasteiger partial charge in [0.25, 0.3) is 5.91 Å². The first-order valence-corrected chi connectivity index (χ1v) is 6.75. The Labute approximate surface area is 100 Å². The second kappa shape index (κ2) is 5.46. The smallest absolute Gasteiger partial charge is 0.261 e. The third-order valence-corrected chi connectivity index (χ3v) is 4.02. The van der Waals surface area contributed by atoms with Crippen LogP contribution in [0, 0.1) is 0 Å². The van der Waals surface area contributed by atoms with Crippen molar-refractivity contribution in [1.29, 1.82) is 0 Å². The lowest BCUT2D eigenvalue weighted by atomic mass is 10.2.